The number of alkyl carbamates (subject to hydrolysis) is 1. The number of thiazole rings is 1. The number of amides is 2. The van der Waals surface area contributed by atoms with E-state index < -0.39 is 18.2 Å². The van der Waals surface area contributed by atoms with Crippen molar-refractivity contribution in [3.05, 3.63) is 122 Å². The summed E-state index contributed by atoms with van der Waals surface area (Å²) in [4.78, 5) is 47.1. The van der Waals surface area contributed by atoms with Crippen molar-refractivity contribution in [1.82, 2.24) is 30.8 Å². The molecule has 5 aromatic rings. The molecular formula is C41H46N6O7S. The van der Waals surface area contributed by atoms with Crippen molar-refractivity contribution in [2.45, 2.75) is 50.5 Å². The number of fused-ring (bicyclic) bond motifs is 4. The van der Waals surface area contributed by atoms with Gasteiger partial charge in [-0.2, -0.15) is 0 Å². The summed E-state index contributed by atoms with van der Waals surface area (Å²) in [6, 6.07) is 23.0. The summed E-state index contributed by atoms with van der Waals surface area (Å²) in [5.74, 6) is 0.718. The predicted molar refractivity (Wildman–Crippen MR) is 209 cm³/mol. The van der Waals surface area contributed by atoms with Gasteiger partial charge < -0.3 is 40.6 Å². The minimum absolute atomic E-state index is 0.0516. The van der Waals surface area contributed by atoms with Crippen molar-refractivity contribution in [3.8, 4) is 11.5 Å². The number of aliphatic hydroxyl groups excluding tert-OH is 1. The quantitative estimate of drug-likeness (QED) is 0.0749. The number of hydrogen-bond donors (Lipinski definition) is 6. The number of nitrogens with zero attached hydrogens (tertiary/aromatic N) is 2. The third kappa shape index (κ3) is 9.70. The largest absolute Gasteiger partial charge is 0.506 e. The highest BCUT2D eigenvalue weighted by atomic mass is 32.1. The first-order chi connectivity index (χ1) is 26.8. The van der Waals surface area contributed by atoms with Crippen LogP contribution in [-0.4, -0.2) is 82.5 Å². The summed E-state index contributed by atoms with van der Waals surface area (Å²) in [5, 5.41) is 33.0. The number of phenols is 1. The highest BCUT2D eigenvalue weighted by molar-refractivity contribution is 7.09. The number of phenolic OH excluding ortho intramolecular Hbond substituents is 1. The van der Waals surface area contributed by atoms with E-state index in [1.54, 1.807) is 17.5 Å². The number of benzene rings is 3. The molecule has 2 bridgehead atoms. The molecule has 2 amide bonds. The molecule has 0 aliphatic carbocycles. The summed E-state index contributed by atoms with van der Waals surface area (Å²) in [6.07, 6.45) is 2.27. The van der Waals surface area contributed by atoms with Gasteiger partial charge in [0.1, 0.15) is 34.9 Å². The van der Waals surface area contributed by atoms with E-state index in [0.29, 0.717) is 51.9 Å². The molecular weight excluding hydrogens is 721 g/mol. The number of piperidine rings is 3. The molecule has 3 aliphatic rings. The number of H-pyrrole nitrogens is 1. The summed E-state index contributed by atoms with van der Waals surface area (Å²) >= 11 is 1.35. The number of nitrogens with one attached hydrogen (secondary N) is 4. The molecule has 3 atom stereocenters. The van der Waals surface area contributed by atoms with Gasteiger partial charge in [0.15, 0.2) is 0 Å². The summed E-state index contributed by atoms with van der Waals surface area (Å²) in [6.45, 7) is 4.51. The van der Waals surface area contributed by atoms with E-state index in [0.717, 1.165) is 56.4 Å². The number of hydrogen-bond acceptors (Lipinski definition) is 11. The maximum absolute atomic E-state index is 13.2. The number of pyridine rings is 1. The number of aromatic nitrogens is 2. The lowest BCUT2D eigenvalue weighted by molar-refractivity contribution is -0.0336. The van der Waals surface area contributed by atoms with E-state index in [2.05, 4.69) is 30.8 Å². The van der Waals surface area contributed by atoms with Crippen molar-refractivity contribution >= 4 is 34.2 Å². The van der Waals surface area contributed by atoms with E-state index in [-0.39, 0.29) is 36.5 Å². The molecule has 3 aliphatic heterocycles. The van der Waals surface area contributed by atoms with Crippen molar-refractivity contribution in [2.24, 2.45) is 5.92 Å². The van der Waals surface area contributed by atoms with Crippen molar-refractivity contribution in [2.75, 3.05) is 39.3 Å². The van der Waals surface area contributed by atoms with Gasteiger partial charge in [-0.1, -0.05) is 48.5 Å². The monoisotopic (exact) mass is 766 g/mol. The van der Waals surface area contributed by atoms with Crippen LogP contribution in [0.25, 0.3) is 10.9 Å². The molecule has 3 saturated heterocycles. The first-order valence-corrected chi connectivity index (χ1v) is 19.6. The molecule has 3 fully saturated rings. The number of carbonyl (C=O) groups excluding carboxylic acids is 2. The Kier molecular flexibility index (Phi) is 12.4. The molecule has 0 spiro atoms. The van der Waals surface area contributed by atoms with Gasteiger partial charge in [0.05, 0.1) is 17.7 Å². The Balaban J connectivity index is 0.849. The zero-order valence-corrected chi connectivity index (χ0v) is 31.2. The molecule has 13 nitrogen and oxygen atoms in total. The van der Waals surface area contributed by atoms with Gasteiger partial charge in [-0.05, 0) is 92.2 Å². The third-order valence-corrected chi connectivity index (χ3v) is 11.1. The molecule has 0 saturated carbocycles. The molecule has 0 radical (unpaired) electrons. The second kappa shape index (κ2) is 17.9. The van der Waals surface area contributed by atoms with Crippen LogP contribution in [0.3, 0.4) is 0 Å². The average Bonchev–Trinajstić information content (AvgIpc) is 3.69. The second-order valence-electron chi connectivity index (χ2n) is 14.0. The van der Waals surface area contributed by atoms with E-state index in [1.165, 1.54) is 23.5 Å². The van der Waals surface area contributed by atoms with Gasteiger partial charge in [0, 0.05) is 36.5 Å². The number of rotatable bonds is 16. The highest BCUT2D eigenvalue weighted by Crippen LogP contribution is 2.31. The number of unbranched alkanes of at least 4 members (excludes halogenated alkanes) is 1. The molecule has 55 heavy (non-hydrogen) atoms. The van der Waals surface area contributed by atoms with Crippen molar-refractivity contribution in [1.29, 1.82) is 0 Å². The Hall–Kier alpha value is -5.28. The normalized spacial score (nSPS) is 18.7. The fourth-order valence-electron chi connectivity index (χ4n) is 7.31. The molecule has 14 heteroatoms. The number of aromatic amines is 1. The summed E-state index contributed by atoms with van der Waals surface area (Å²) in [7, 11) is 0. The zero-order chi connectivity index (χ0) is 38.1. The van der Waals surface area contributed by atoms with Crippen LogP contribution in [0.4, 0.5) is 4.79 Å². The van der Waals surface area contributed by atoms with E-state index in [9.17, 15) is 24.6 Å². The minimum Gasteiger partial charge on any atom is -0.506 e. The van der Waals surface area contributed by atoms with Crippen LogP contribution >= 0.6 is 11.3 Å². The Labute approximate surface area is 322 Å². The third-order valence-electron chi connectivity index (χ3n) is 10.3. The SMILES string of the molecule is O=C(NC(c1ccccc1)c1cccc(OCc2nc(C(=O)NCCCCNC[C@@H](O)c3ccc(O)c4[nH]c(=O)ccc34)cs2)c1)O[C@H]1CN2CCC1CC2. The number of ether oxygens (including phenoxy) is 2. The van der Waals surface area contributed by atoms with Gasteiger partial charge in [-0.15, -0.1) is 11.3 Å². The Morgan fingerprint density at radius 2 is 1.78 bits per heavy atom. The van der Waals surface area contributed by atoms with Crippen LogP contribution in [0.5, 0.6) is 11.5 Å². The first-order valence-electron chi connectivity index (χ1n) is 18.7. The van der Waals surface area contributed by atoms with E-state index in [4.69, 9.17) is 9.47 Å². The lowest BCUT2D eigenvalue weighted by Gasteiger charge is -2.43. The second-order valence-corrected chi connectivity index (χ2v) is 15.0. The first kappa shape index (κ1) is 38.0. The van der Waals surface area contributed by atoms with Crippen molar-refractivity contribution in [3.63, 3.8) is 0 Å². The number of aliphatic hydroxyl groups is 1. The van der Waals surface area contributed by atoms with Crippen molar-refractivity contribution < 1.29 is 29.3 Å². The van der Waals surface area contributed by atoms with Crippen LogP contribution in [0.2, 0.25) is 0 Å². The highest BCUT2D eigenvalue weighted by Gasteiger charge is 2.37. The van der Waals surface area contributed by atoms with Crippen LogP contribution in [0.1, 0.15) is 70.0 Å². The van der Waals surface area contributed by atoms with Gasteiger partial charge in [0.2, 0.25) is 5.56 Å². The molecule has 2 aromatic heterocycles. The molecule has 1 unspecified atom stereocenters. The topological polar surface area (TPSA) is 178 Å². The van der Waals surface area contributed by atoms with Gasteiger partial charge in [0.25, 0.3) is 5.91 Å². The summed E-state index contributed by atoms with van der Waals surface area (Å²) < 4.78 is 12.1. The smallest absolute Gasteiger partial charge is 0.408 e. The Bertz CT molecular complexity index is 2130. The standard InChI is InChI=1S/C41H46N6O7S/c48-33-13-11-30(31-12-14-36(50)45-39(31)33)34(49)22-42-17-4-5-18-43-40(51)32-25-55-37(44-32)24-53-29-10-6-9-28(21-29)38(27-7-2-1-3-8-27)46-41(52)54-35-23-47-19-15-26(35)16-20-47/h1-3,6-14,21,25-26,34-35,38,42,48-49H,4-5,15-20,22-24H2,(H,43,51)(H,45,50)(H,46,52)/t34-,35+,38?/m1/s1. The fraction of sp³-hybridized carbons (Fsp3) is 0.366. The van der Waals surface area contributed by atoms with Crippen LogP contribution < -0.4 is 26.2 Å². The van der Waals surface area contributed by atoms with Gasteiger partial charge in [-0.25, -0.2) is 9.78 Å². The Morgan fingerprint density at radius 1 is 0.982 bits per heavy atom. The molecule has 6 N–H and O–H groups in total. The average molecular weight is 767 g/mol. The Morgan fingerprint density at radius 3 is 2.58 bits per heavy atom. The van der Waals surface area contributed by atoms with E-state index in [1.807, 2.05) is 54.6 Å². The van der Waals surface area contributed by atoms with Gasteiger partial charge in [-0.3, -0.25) is 14.5 Å². The predicted octanol–water partition coefficient (Wildman–Crippen LogP) is 5.01. The number of aromatic hydroxyl groups is 1. The summed E-state index contributed by atoms with van der Waals surface area (Å²) in [5.41, 5.74) is 2.68. The zero-order valence-electron chi connectivity index (χ0n) is 30.4. The minimum atomic E-state index is -0.834. The van der Waals surface area contributed by atoms with E-state index >= 15 is 0 Å². The van der Waals surface area contributed by atoms with Crippen LogP contribution in [0, 0.1) is 5.92 Å². The van der Waals surface area contributed by atoms with Crippen LogP contribution in [-0.2, 0) is 11.3 Å². The molecule has 5 heterocycles. The molecule has 8 rings (SSSR count). The fourth-order valence-corrected chi connectivity index (χ4v) is 8.00. The lowest BCUT2D eigenvalue weighted by atomic mass is 9.86. The lowest BCUT2D eigenvalue weighted by Crippen LogP contribution is -2.52. The maximum Gasteiger partial charge on any atom is 0.408 e. The van der Waals surface area contributed by atoms with Gasteiger partial charge >= 0.3 is 6.09 Å². The van der Waals surface area contributed by atoms with Crippen LogP contribution in [0.15, 0.2) is 89.0 Å². The molecule has 288 valence electrons. The maximum atomic E-state index is 13.2. The number of carbonyl (C=O) groups is 2. The molecule has 3 aromatic carbocycles.